The molecule has 0 aliphatic carbocycles. The van der Waals surface area contributed by atoms with E-state index in [9.17, 15) is 4.79 Å². The molecule has 3 aliphatic heterocycles. The van der Waals surface area contributed by atoms with Gasteiger partial charge in [-0.05, 0) is 37.8 Å². The summed E-state index contributed by atoms with van der Waals surface area (Å²) in [6, 6.07) is 4.03. The fourth-order valence-electron chi connectivity index (χ4n) is 5.19. The first-order chi connectivity index (χ1) is 15.6. The highest BCUT2D eigenvalue weighted by molar-refractivity contribution is 5.78. The van der Waals surface area contributed by atoms with E-state index in [2.05, 4.69) is 25.9 Å². The molecular weight excluding hydrogens is 404 g/mol. The van der Waals surface area contributed by atoms with Crippen LogP contribution >= 0.6 is 0 Å². The Kier molecular flexibility index (Phi) is 6.52. The molecule has 0 bridgehead atoms. The van der Waals surface area contributed by atoms with Gasteiger partial charge >= 0.3 is 0 Å². The lowest BCUT2D eigenvalue weighted by molar-refractivity contribution is -0.134. The molecule has 8 heteroatoms. The lowest BCUT2D eigenvalue weighted by atomic mass is 9.97. The number of carbonyl (C=O) groups excluding carboxylic acids is 1. The summed E-state index contributed by atoms with van der Waals surface area (Å²) in [6.45, 7) is 10.8. The molecule has 2 aromatic rings. The summed E-state index contributed by atoms with van der Waals surface area (Å²) in [4.78, 5) is 24.3. The zero-order chi connectivity index (χ0) is 21.9. The van der Waals surface area contributed by atoms with Gasteiger partial charge in [0.1, 0.15) is 0 Å². The van der Waals surface area contributed by atoms with Crippen LogP contribution in [0.25, 0.3) is 5.69 Å². The molecule has 5 heterocycles. The van der Waals surface area contributed by atoms with Gasteiger partial charge < -0.3 is 9.64 Å². The highest BCUT2D eigenvalue weighted by atomic mass is 16.5. The molecule has 32 heavy (non-hydrogen) atoms. The predicted molar refractivity (Wildman–Crippen MR) is 122 cm³/mol. The van der Waals surface area contributed by atoms with Crippen molar-refractivity contribution in [1.82, 2.24) is 29.5 Å². The third-order valence-corrected chi connectivity index (χ3v) is 6.93. The van der Waals surface area contributed by atoms with E-state index < -0.39 is 0 Å². The van der Waals surface area contributed by atoms with Crippen molar-refractivity contribution in [2.45, 2.75) is 32.7 Å². The first kappa shape index (κ1) is 21.6. The van der Waals surface area contributed by atoms with Crippen molar-refractivity contribution in [2.75, 3.05) is 59.0 Å². The average Bonchev–Trinajstić information content (AvgIpc) is 3.23. The van der Waals surface area contributed by atoms with Gasteiger partial charge in [0.15, 0.2) is 0 Å². The van der Waals surface area contributed by atoms with Gasteiger partial charge in [0.25, 0.3) is 0 Å². The SMILES string of the molecule is Cc1cc(-n2cc3c(n2)CCN(CC(=O)N2CCCC(CN4CCOCC4)C2)C3)ccn1. The topological polar surface area (TPSA) is 66.7 Å². The maximum absolute atomic E-state index is 13.1. The number of hydrogen-bond donors (Lipinski definition) is 0. The molecule has 3 aliphatic rings. The van der Waals surface area contributed by atoms with E-state index in [1.165, 1.54) is 12.0 Å². The number of piperidine rings is 1. The molecule has 0 spiro atoms. The van der Waals surface area contributed by atoms with Gasteiger partial charge in [-0.2, -0.15) is 5.10 Å². The van der Waals surface area contributed by atoms with E-state index in [1.807, 2.05) is 29.9 Å². The molecule has 0 saturated carbocycles. The van der Waals surface area contributed by atoms with Crippen molar-refractivity contribution in [2.24, 2.45) is 5.92 Å². The van der Waals surface area contributed by atoms with Gasteiger partial charge in [-0.1, -0.05) is 0 Å². The largest absolute Gasteiger partial charge is 0.379 e. The van der Waals surface area contributed by atoms with Crippen LogP contribution in [0.1, 0.15) is 29.8 Å². The Hall–Kier alpha value is -2.29. The first-order valence-electron chi connectivity index (χ1n) is 11.9. The number of ether oxygens (including phenoxy) is 1. The van der Waals surface area contributed by atoms with Gasteiger partial charge in [0.2, 0.25) is 5.91 Å². The van der Waals surface area contributed by atoms with E-state index in [1.54, 1.807) is 0 Å². The fourth-order valence-corrected chi connectivity index (χ4v) is 5.19. The van der Waals surface area contributed by atoms with Crippen LogP contribution in [0.2, 0.25) is 0 Å². The third-order valence-electron chi connectivity index (χ3n) is 6.93. The Morgan fingerprint density at radius 1 is 1.19 bits per heavy atom. The molecule has 1 unspecified atom stereocenters. The number of carbonyl (C=O) groups is 1. The Balaban J connectivity index is 1.16. The molecule has 1 atom stereocenters. The number of aryl methyl sites for hydroxylation is 1. The molecule has 0 aromatic carbocycles. The van der Waals surface area contributed by atoms with Crippen LogP contribution in [0.4, 0.5) is 0 Å². The molecule has 2 fully saturated rings. The lowest BCUT2D eigenvalue weighted by Gasteiger charge is -2.37. The summed E-state index contributed by atoms with van der Waals surface area (Å²) in [5.41, 5.74) is 4.39. The molecule has 0 radical (unpaired) electrons. The second kappa shape index (κ2) is 9.68. The summed E-state index contributed by atoms with van der Waals surface area (Å²) in [5.74, 6) is 0.859. The molecule has 0 N–H and O–H groups in total. The fraction of sp³-hybridized carbons (Fsp3) is 0.625. The van der Waals surface area contributed by atoms with E-state index in [0.29, 0.717) is 12.5 Å². The van der Waals surface area contributed by atoms with Gasteiger partial charge in [0, 0.05) is 75.9 Å². The van der Waals surface area contributed by atoms with E-state index in [-0.39, 0.29) is 5.91 Å². The summed E-state index contributed by atoms with van der Waals surface area (Å²) in [5, 5.41) is 4.78. The molecule has 2 saturated heterocycles. The molecular formula is C24H34N6O2. The summed E-state index contributed by atoms with van der Waals surface area (Å²) < 4.78 is 7.42. The number of nitrogens with zero attached hydrogens (tertiary/aromatic N) is 6. The highest BCUT2D eigenvalue weighted by Crippen LogP contribution is 2.22. The van der Waals surface area contributed by atoms with Crippen molar-refractivity contribution in [3.05, 3.63) is 41.5 Å². The number of pyridine rings is 1. The van der Waals surface area contributed by atoms with Crippen molar-refractivity contribution < 1.29 is 9.53 Å². The second-order valence-electron chi connectivity index (χ2n) is 9.42. The number of hydrogen-bond acceptors (Lipinski definition) is 6. The number of fused-ring (bicyclic) bond motifs is 1. The Morgan fingerprint density at radius 3 is 2.91 bits per heavy atom. The Bertz CT molecular complexity index is 938. The van der Waals surface area contributed by atoms with Crippen molar-refractivity contribution >= 4 is 5.91 Å². The smallest absolute Gasteiger partial charge is 0.236 e. The molecule has 2 aromatic heterocycles. The highest BCUT2D eigenvalue weighted by Gasteiger charge is 2.28. The molecule has 172 valence electrons. The molecule has 5 rings (SSSR count). The molecule has 1 amide bonds. The van der Waals surface area contributed by atoms with Crippen LogP contribution in [0.3, 0.4) is 0 Å². The zero-order valence-electron chi connectivity index (χ0n) is 19.1. The number of amides is 1. The summed E-state index contributed by atoms with van der Waals surface area (Å²) >= 11 is 0. The van der Waals surface area contributed by atoms with Crippen LogP contribution in [0.15, 0.2) is 24.5 Å². The minimum absolute atomic E-state index is 0.275. The van der Waals surface area contributed by atoms with Gasteiger partial charge in [-0.15, -0.1) is 0 Å². The first-order valence-corrected chi connectivity index (χ1v) is 11.9. The van der Waals surface area contributed by atoms with Crippen LogP contribution < -0.4 is 0 Å². The average molecular weight is 439 g/mol. The normalized spacial score (nSPS) is 22.7. The van der Waals surface area contributed by atoms with Gasteiger partial charge in [0.05, 0.1) is 31.1 Å². The summed E-state index contributed by atoms with van der Waals surface area (Å²) in [6.07, 6.45) is 7.16. The predicted octanol–water partition coefficient (Wildman–Crippen LogP) is 1.50. The van der Waals surface area contributed by atoms with E-state index in [4.69, 9.17) is 9.84 Å². The number of likely N-dealkylation sites (tertiary alicyclic amines) is 1. The van der Waals surface area contributed by atoms with E-state index in [0.717, 1.165) is 88.9 Å². The maximum Gasteiger partial charge on any atom is 0.236 e. The van der Waals surface area contributed by atoms with E-state index >= 15 is 0 Å². The second-order valence-corrected chi connectivity index (χ2v) is 9.42. The quantitative estimate of drug-likeness (QED) is 0.705. The van der Waals surface area contributed by atoms with Crippen molar-refractivity contribution in [1.29, 1.82) is 0 Å². The van der Waals surface area contributed by atoms with Crippen LogP contribution in [0, 0.1) is 12.8 Å². The minimum atomic E-state index is 0.275. The van der Waals surface area contributed by atoms with Crippen molar-refractivity contribution in [3.63, 3.8) is 0 Å². The van der Waals surface area contributed by atoms with Gasteiger partial charge in [-0.25, -0.2) is 4.68 Å². The van der Waals surface area contributed by atoms with Crippen LogP contribution in [0.5, 0.6) is 0 Å². The van der Waals surface area contributed by atoms with Gasteiger partial charge in [-0.3, -0.25) is 19.6 Å². The standard InChI is InChI=1S/C24H34N6O2/c1-19-13-22(4-6-25-19)30-17-21-16-28(8-5-23(21)26-30)18-24(31)29-7-2-3-20(15-29)14-27-9-11-32-12-10-27/h4,6,13,17,20H,2-3,5,7-12,14-16,18H2,1H3. The van der Waals surface area contributed by atoms with Crippen molar-refractivity contribution in [3.8, 4) is 5.69 Å². The summed E-state index contributed by atoms with van der Waals surface area (Å²) in [7, 11) is 0. The number of aromatic nitrogens is 3. The number of rotatable bonds is 5. The molecule has 8 nitrogen and oxygen atoms in total. The Morgan fingerprint density at radius 2 is 2.06 bits per heavy atom. The lowest BCUT2D eigenvalue weighted by Crippen LogP contribution is -2.49. The zero-order valence-corrected chi connectivity index (χ0v) is 19.1. The van der Waals surface area contributed by atoms with Crippen LogP contribution in [-0.4, -0.2) is 94.4 Å². The Labute approximate surface area is 190 Å². The number of morpholine rings is 1. The van der Waals surface area contributed by atoms with Crippen LogP contribution in [-0.2, 0) is 22.5 Å². The minimum Gasteiger partial charge on any atom is -0.379 e. The maximum atomic E-state index is 13.1. The third kappa shape index (κ3) is 5.03. The monoisotopic (exact) mass is 438 g/mol.